The fraction of sp³-hybridized carbons (Fsp3) is 0.174. The molecule has 5 rings (SSSR count). The van der Waals surface area contributed by atoms with Crippen LogP contribution in [0.2, 0.25) is 0 Å². The van der Waals surface area contributed by atoms with Crippen LogP contribution in [0.5, 0.6) is 0 Å². The van der Waals surface area contributed by atoms with Crippen LogP contribution in [-0.2, 0) is 11.3 Å². The number of rotatable bonds is 4. The van der Waals surface area contributed by atoms with Gasteiger partial charge >= 0.3 is 0 Å². The molecule has 0 aliphatic carbocycles. The van der Waals surface area contributed by atoms with E-state index in [2.05, 4.69) is 32.8 Å². The molecule has 1 atom stereocenters. The van der Waals surface area contributed by atoms with Gasteiger partial charge in [-0.25, -0.2) is 9.67 Å². The topological polar surface area (TPSA) is 71.8 Å². The Morgan fingerprint density at radius 3 is 2.83 bits per heavy atom. The molecule has 29 heavy (non-hydrogen) atoms. The molecule has 1 aliphatic heterocycles. The fourth-order valence-electron chi connectivity index (χ4n) is 3.92. The minimum absolute atomic E-state index is 0.0338. The summed E-state index contributed by atoms with van der Waals surface area (Å²) in [4.78, 5) is 17.2. The number of hydrogen-bond donors (Lipinski definition) is 2. The molecule has 1 unspecified atom stereocenters. The molecule has 144 valence electrons. The maximum atomic E-state index is 12.6. The molecule has 2 aromatic heterocycles. The van der Waals surface area contributed by atoms with Crippen LogP contribution in [0, 0.1) is 6.92 Å². The maximum Gasteiger partial charge on any atom is 0.226 e. The van der Waals surface area contributed by atoms with E-state index in [-0.39, 0.29) is 11.9 Å². The molecule has 2 aromatic carbocycles. The molecule has 6 nitrogen and oxygen atoms in total. The van der Waals surface area contributed by atoms with Gasteiger partial charge in [-0.2, -0.15) is 5.10 Å². The van der Waals surface area contributed by atoms with E-state index in [0.717, 1.165) is 29.0 Å². The Balaban J connectivity index is 1.36. The van der Waals surface area contributed by atoms with E-state index >= 15 is 0 Å². The third-order valence-corrected chi connectivity index (χ3v) is 5.35. The lowest BCUT2D eigenvalue weighted by Crippen LogP contribution is -2.21. The smallest absolute Gasteiger partial charge is 0.226 e. The zero-order valence-electron chi connectivity index (χ0n) is 16.1. The highest BCUT2D eigenvalue weighted by molar-refractivity contribution is 5.93. The molecule has 0 spiro atoms. The molecule has 1 amide bonds. The van der Waals surface area contributed by atoms with Gasteiger partial charge in [0.2, 0.25) is 5.91 Å². The summed E-state index contributed by atoms with van der Waals surface area (Å²) in [5.41, 5.74) is 5.76. The van der Waals surface area contributed by atoms with Crippen LogP contribution in [0.25, 0.3) is 16.7 Å². The molecule has 0 saturated heterocycles. The summed E-state index contributed by atoms with van der Waals surface area (Å²) >= 11 is 0. The number of benzene rings is 2. The van der Waals surface area contributed by atoms with Crippen molar-refractivity contribution in [1.29, 1.82) is 0 Å². The highest BCUT2D eigenvalue weighted by Gasteiger charge is 2.23. The van der Waals surface area contributed by atoms with Crippen molar-refractivity contribution >= 4 is 22.6 Å². The van der Waals surface area contributed by atoms with Crippen LogP contribution in [0.15, 0.2) is 66.9 Å². The number of hydrogen-bond acceptors (Lipinski definition) is 4. The van der Waals surface area contributed by atoms with Gasteiger partial charge in [-0.1, -0.05) is 42.5 Å². The van der Waals surface area contributed by atoms with Crippen molar-refractivity contribution < 1.29 is 4.79 Å². The van der Waals surface area contributed by atoms with E-state index in [0.29, 0.717) is 12.1 Å². The van der Waals surface area contributed by atoms with Crippen molar-refractivity contribution in [2.75, 3.05) is 5.32 Å². The highest BCUT2D eigenvalue weighted by atomic mass is 16.1. The highest BCUT2D eigenvalue weighted by Crippen LogP contribution is 2.28. The van der Waals surface area contributed by atoms with Crippen molar-refractivity contribution in [3.63, 3.8) is 0 Å². The second kappa shape index (κ2) is 7.14. The SMILES string of the molecule is Cc1nn(-c2ccccc2)c2ncc(NC(=O)CC3NCc4ccccc43)cc12. The van der Waals surface area contributed by atoms with E-state index in [1.54, 1.807) is 6.20 Å². The first-order valence-corrected chi connectivity index (χ1v) is 9.71. The van der Waals surface area contributed by atoms with Gasteiger partial charge < -0.3 is 10.6 Å². The van der Waals surface area contributed by atoms with Gasteiger partial charge in [-0.3, -0.25) is 4.79 Å². The van der Waals surface area contributed by atoms with Gasteiger partial charge in [0.1, 0.15) is 0 Å². The first-order chi connectivity index (χ1) is 14.2. The minimum atomic E-state index is -0.0338. The van der Waals surface area contributed by atoms with Crippen molar-refractivity contribution in [3.8, 4) is 5.69 Å². The molecule has 6 heteroatoms. The molecule has 3 heterocycles. The lowest BCUT2D eigenvalue weighted by atomic mass is 10.0. The Kier molecular flexibility index (Phi) is 4.33. The fourth-order valence-corrected chi connectivity index (χ4v) is 3.92. The Labute approximate surface area is 168 Å². The average molecular weight is 383 g/mol. The maximum absolute atomic E-state index is 12.6. The predicted molar refractivity (Wildman–Crippen MR) is 113 cm³/mol. The van der Waals surface area contributed by atoms with Crippen LogP contribution in [0.3, 0.4) is 0 Å². The number of aryl methyl sites for hydroxylation is 1. The first-order valence-electron chi connectivity index (χ1n) is 9.71. The lowest BCUT2D eigenvalue weighted by Gasteiger charge is -2.12. The Bertz CT molecular complexity index is 1200. The Hall–Kier alpha value is -3.51. The van der Waals surface area contributed by atoms with Crippen molar-refractivity contribution in [3.05, 3.63) is 83.7 Å². The van der Waals surface area contributed by atoms with Gasteiger partial charge in [-0.05, 0) is 36.2 Å². The summed E-state index contributed by atoms with van der Waals surface area (Å²) in [7, 11) is 0. The van der Waals surface area contributed by atoms with Crippen LogP contribution in [0.1, 0.15) is 29.3 Å². The van der Waals surface area contributed by atoms with Crippen molar-refractivity contribution in [2.45, 2.75) is 25.9 Å². The molecule has 1 aliphatic rings. The molecule has 0 fully saturated rings. The van der Waals surface area contributed by atoms with Gasteiger partial charge in [0, 0.05) is 24.4 Å². The van der Waals surface area contributed by atoms with Crippen LogP contribution >= 0.6 is 0 Å². The summed E-state index contributed by atoms with van der Waals surface area (Å²) in [6.07, 6.45) is 2.08. The number of pyridine rings is 1. The van der Waals surface area contributed by atoms with E-state index in [1.807, 2.05) is 60.1 Å². The van der Waals surface area contributed by atoms with Gasteiger partial charge in [0.05, 0.1) is 23.3 Å². The number of carbonyl (C=O) groups excluding carboxylic acids is 1. The molecule has 0 radical (unpaired) electrons. The number of anilines is 1. The number of carbonyl (C=O) groups is 1. The molecular weight excluding hydrogens is 362 g/mol. The molecule has 0 bridgehead atoms. The standard InChI is InChI=1S/C23H21N5O/c1-15-20-11-17(14-25-23(20)28(27-15)18-8-3-2-4-9-18)26-22(29)12-21-19-10-6-5-7-16(19)13-24-21/h2-11,14,21,24H,12-13H2,1H3,(H,26,29). The summed E-state index contributed by atoms with van der Waals surface area (Å²) in [6.45, 7) is 2.76. The van der Waals surface area contributed by atoms with Gasteiger partial charge in [-0.15, -0.1) is 0 Å². The second-order valence-electron chi connectivity index (χ2n) is 7.31. The summed E-state index contributed by atoms with van der Waals surface area (Å²) in [5.74, 6) is -0.0338. The zero-order chi connectivity index (χ0) is 19.8. The van der Waals surface area contributed by atoms with E-state index in [1.165, 1.54) is 11.1 Å². The van der Waals surface area contributed by atoms with Crippen LogP contribution in [0.4, 0.5) is 5.69 Å². The number of nitrogens with one attached hydrogen (secondary N) is 2. The van der Waals surface area contributed by atoms with E-state index in [9.17, 15) is 4.79 Å². The Morgan fingerprint density at radius 1 is 1.17 bits per heavy atom. The monoisotopic (exact) mass is 383 g/mol. The van der Waals surface area contributed by atoms with E-state index in [4.69, 9.17) is 0 Å². The predicted octanol–water partition coefficient (Wildman–Crippen LogP) is 3.90. The van der Waals surface area contributed by atoms with Gasteiger partial charge in [0.25, 0.3) is 0 Å². The van der Waals surface area contributed by atoms with Gasteiger partial charge in [0.15, 0.2) is 5.65 Å². The molecular formula is C23H21N5O. The zero-order valence-corrected chi connectivity index (χ0v) is 16.1. The summed E-state index contributed by atoms with van der Waals surface area (Å²) in [6, 6.07) is 20.1. The average Bonchev–Trinajstić information content (AvgIpc) is 3.30. The van der Waals surface area contributed by atoms with Crippen LogP contribution < -0.4 is 10.6 Å². The number of nitrogens with zero attached hydrogens (tertiary/aromatic N) is 3. The number of fused-ring (bicyclic) bond motifs is 2. The number of aromatic nitrogens is 3. The third kappa shape index (κ3) is 3.28. The van der Waals surface area contributed by atoms with Crippen LogP contribution in [-0.4, -0.2) is 20.7 Å². The molecule has 4 aromatic rings. The van der Waals surface area contributed by atoms with Crippen molar-refractivity contribution in [2.24, 2.45) is 0 Å². The van der Waals surface area contributed by atoms with Crippen molar-refractivity contribution in [1.82, 2.24) is 20.1 Å². The third-order valence-electron chi connectivity index (χ3n) is 5.35. The quantitative estimate of drug-likeness (QED) is 0.561. The molecule has 2 N–H and O–H groups in total. The second-order valence-corrected chi connectivity index (χ2v) is 7.31. The number of para-hydroxylation sites is 1. The first kappa shape index (κ1) is 17.6. The largest absolute Gasteiger partial charge is 0.325 e. The van der Waals surface area contributed by atoms with E-state index < -0.39 is 0 Å². The summed E-state index contributed by atoms with van der Waals surface area (Å²) in [5, 5.41) is 11.9. The normalized spacial score (nSPS) is 15.4. The lowest BCUT2D eigenvalue weighted by molar-refractivity contribution is -0.116. The number of amides is 1. The Morgan fingerprint density at radius 2 is 1.97 bits per heavy atom. The summed E-state index contributed by atoms with van der Waals surface area (Å²) < 4.78 is 1.83. The minimum Gasteiger partial charge on any atom is -0.325 e. The molecule has 0 saturated carbocycles.